The number of rotatable bonds is 3. The molecule has 0 bridgehead atoms. The number of nitrogens with one attached hydrogen (secondary N) is 1. The minimum Gasteiger partial charge on any atom is -0.378 e. The van der Waals surface area contributed by atoms with Gasteiger partial charge in [-0.25, -0.2) is 4.57 Å². The van der Waals surface area contributed by atoms with Crippen LogP contribution in [0.4, 0.5) is 5.82 Å². The minimum atomic E-state index is -0.504. The summed E-state index contributed by atoms with van der Waals surface area (Å²) in [5, 5.41) is 13.8. The zero-order valence-corrected chi connectivity index (χ0v) is 12.4. The van der Waals surface area contributed by atoms with Crippen molar-refractivity contribution in [2.75, 3.05) is 19.8 Å². The van der Waals surface area contributed by atoms with E-state index in [0.29, 0.717) is 26.2 Å². The molecule has 3 heterocycles. The van der Waals surface area contributed by atoms with Crippen LogP contribution in [0.5, 0.6) is 0 Å². The summed E-state index contributed by atoms with van der Waals surface area (Å²) in [5.74, 6) is -0.394. The molecular formula is C14H19N3O5. The summed E-state index contributed by atoms with van der Waals surface area (Å²) in [7, 11) is 1.52. The topological polar surface area (TPSA) is 95.6 Å². The van der Waals surface area contributed by atoms with E-state index in [0.717, 1.165) is 12.8 Å². The molecule has 0 aliphatic carbocycles. The predicted molar refractivity (Wildman–Crippen MR) is 76.7 cm³/mol. The van der Waals surface area contributed by atoms with Crippen LogP contribution in [0.15, 0.2) is 12.1 Å². The number of carbonyl (C=O) groups is 1. The molecule has 22 heavy (non-hydrogen) atoms. The Hall–Kier alpha value is -1.93. The maximum absolute atomic E-state index is 12.3. The van der Waals surface area contributed by atoms with E-state index in [1.54, 1.807) is 0 Å². The van der Waals surface area contributed by atoms with Crippen molar-refractivity contribution in [3.63, 3.8) is 0 Å². The molecule has 0 aromatic carbocycles. The van der Waals surface area contributed by atoms with E-state index in [-0.39, 0.29) is 29.1 Å². The molecule has 2 fully saturated rings. The van der Waals surface area contributed by atoms with Crippen molar-refractivity contribution in [3.05, 3.63) is 27.9 Å². The summed E-state index contributed by atoms with van der Waals surface area (Å²) < 4.78 is 12.5. The third kappa shape index (κ3) is 2.71. The second-order valence-electron chi connectivity index (χ2n) is 5.89. The van der Waals surface area contributed by atoms with Gasteiger partial charge >= 0.3 is 5.82 Å². The molecule has 1 spiro atoms. The van der Waals surface area contributed by atoms with Gasteiger partial charge in [-0.15, -0.1) is 0 Å². The Balaban J connectivity index is 1.68. The molecule has 1 amide bonds. The van der Waals surface area contributed by atoms with E-state index in [4.69, 9.17) is 9.47 Å². The highest BCUT2D eigenvalue weighted by atomic mass is 16.6. The van der Waals surface area contributed by atoms with Gasteiger partial charge in [0.1, 0.15) is 0 Å². The quantitative estimate of drug-likeness (QED) is 0.664. The summed E-state index contributed by atoms with van der Waals surface area (Å²) >= 11 is 0. The van der Waals surface area contributed by atoms with Crippen LogP contribution in [-0.4, -0.2) is 46.9 Å². The first kappa shape index (κ1) is 15.0. The van der Waals surface area contributed by atoms with Gasteiger partial charge in [0.2, 0.25) is 0 Å². The van der Waals surface area contributed by atoms with Crippen molar-refractivity contribution in [2.24, 2.45) is 7.05 Å². The normalized spacial score (nSPS) is 28.0. The summed E-state index contributed by atoms with van der Waals surface area (Å²) in [6, 6.07) is 2.81. The van der Waals surface area contributed by atoms with Crippen LogP contribution in [0.25, 0.3) is 0 Å². The fraction of sp³-hybridized carbons (Fsp3) is 0.643. The third-order valence-corrected chi connectivity index (χ3v) is 4.41. The third-order valence-electron chi connectivity index (χ3n) is 4.41. The summed E-state index contributed by atoms with van der Waals surface area (Å²) in [6.45, 7) is 1.83. The number of hydrogen-bond acceptors (Lipinski definition) is 5. The zero-order valence-electron chi connectivity index (χ0n) is 12.4. The summed E-state index contributed by atoms with van der Waals surface area (Å²) in [4.78, 5) is 22.7. The van der Waals surface area contributed by atoms with Crippen molar-refractivity contribution < 1.29 is 19.2 Å². The molecule has 1 N–H and O–H groups in total. The average molecular weight is 309 g/mol. The molecule has 3 rings (SSSR count). The second-order valence-corrected chi connectivity index (χ2v) is 5.89. The fourth-order valence-corrected chi connectivity index (χ4v) is 3.19. The molecule has 120 valence electrons. The van der Waals surface area contributed by atoms with Crippen LogP contribution in [0.1, 0.15) is 29.8 Å². The Morgan fingerprint density at radius 3 is 2.95 bits per heavy atom. The molecule has 2 saturated heterocycles. The number of hydrogen-bond donors (Lipinski definition) is 1. The number of nitrogens with zero attached hydrogens (tertiary/aromatic N) is 2. The van der Waals surface area contributed by atoms with Gasteiger partial charge in [-0.2, -0.15) is 0 Å². The van der Waals surface area contributed by atoms with Gasteiger partial charge in [-0.1, -0.05) is 0 Å². The van der Waals surface area contributed by atoms with Crippen molar-refractivity contribution in [1.82, 2.24) is 9.88 Å². The van der Waals surface area contributed by atoms with E-state index in [9.17, 15) is 14.9 Å². The Morgan fingerprint density at radius 2 is 2.32 bits per heavy atom. The van der Waals surface area contributed by atoms with Crippen molar-refractivity contribution >= 4 is 11.7 Å². The lowest BCUT2D eigenvalue weighted by Gasteiger charge is -2.37. The van der Waals surface area contributed by atoms with Crippen molar-refractivity contribution in [1.29, 1.82) is 0 Å². The number of nitro groups is 1. The molecule has 0 saturated carbocycles. The Bertz CT molecular complexity index is 591. The molecule has 2 atom stereocenters. The van der Waals surface area contributed by atoms with Gasteiger partial charge in [0.25, 0.3) is 5.91 Å². The average Bonchev–Trinajstić information content (AvgIpc) is 3.06. The highest BCUT2D eigenvalue weighted by Gasteiger charge is 2.41. The van der Waals surface area contributed by atoms with E-state index in [1.165, 1.54) is 23.7 Å². The number of carbonyl (C=O) groups excluding carboxylic acids is 1. The van der Waals surface area contributed by atoms with Gasteiger partial charge in [0.05, 0.1) is 19.3 Å². The van der Waals surface area contributed by atoms with Crippen LogP contribution in [0, 0.1) is 10.1 Å². The predicted octanol–water partition coefficient (Wildman–Crippen LogP) is 1.00. The number of amides is 1. The van der Waals surface area contributed by atoms with Crippen LogP contribution in [-0.2, 0) is 16.5 Å². The molecule has 0 radical (unpaired) electrons. The molecular weight excluding hydrogens is 290 g/mol. The molecule has 2 aliphatic heterocycles. The maximum atomic E-state index is 12.3. The first-order valence-electron chi connectivity index (χ1n) is 7.33. The van der Waals surface area contributed by atoms with Crippen LogP contribution < -0.4 is 5.32 Å². The second kappa shape index (κ2) is 5.69. The van der Waals surface area contributed by atoms with Crippen LogP contribution in [0.3, 0.4) is 0 Å². The van der Waals surface area contributed by atoms with Crippen molar-refractivity contribution in [3.8, 4) is 0 Å². The SMILES string of the molecule is Cn1c(C(=O)NC2CCOC3(CCOC3)C2)ccc1[N+](=O)[O-]. The van der Waals surface area contributed by atoms with E-state index >= 15 is 0 Å². The summed E-state index contributed by atoms with van der Waals surface area (Å²) in [5.41, 5.74) is 0.00561. The molecule has 1 aromatic rings. The van der Waals surface area contributed by atoms with Gasteiger partial charge < -0.3 is 24.9 Å². The van der Waals surface area contributed by atoms with E-state index in [1.807, 2.05) is 0 Å². The van der Waals surface area contributed by atoms with Gasteiger partial charge in [-0.05, 0) is 23.8 Å². The zero-order chi connectivity index (χ0) is 15.7. The van der Waals surface area contributed by atoms with Gasteiger partial charge in [0, 0.05) is 31.7 Å². The highest BCUT2D eigenvalue weighted by molar-refractivity contribution is 5.93. The maximum Gasteiger partial charge on any atom is 0.323 e. The van der Waals surface area contributed by atoms with Crippen LogP contribution >= 0.6 is 0 Å². The van der Waals surface area contributed by atoms with Crippen LogP contribution in [0.2, 0.25) is 0 Å². The van der Waals surface area contributed by atoms with Gasteiger partial charge in [-0.3, -0.25) is 4.79 Å². The van der Waals surface area contributed by atoms with E-state index < -0.39 is 4.92 Å². The standard InChI is InChI=1S/C14H19N3O5/c1-16-11(2-3-12(16)17(19)20)13(18)15-10-4-6-22-14(8-10)5-7-21-9-14/h2-3,10H,4-9H2,1H3,(H,15,18). The lowest BCUT2D eigenvalue weighted by Crippen LogP contribution is -2.49. The Kier molecular flexibility index (Phi) is 3.88. The lowest BCUT2D eigenvalue weighted by atomic mass is 9.89. The first-order valence-corrected chi connectivity index (χ1v) is 7.33. The molecule has 8 nitrogen and oxygen atoms in total. The first-order chi connectivity index (χ1) is 10.5. The Labute approximate surface area is 127 Å². The summed E-state index contributed by atoms with van der Waals surface area (Å²) in [6.07, 6.45) is 2.29. The molecule has 2 aliphatic rings. The monoisotopic (exact) mass is 309 g/mol. The van der Waals surface area contributed by atoms with Gasteiger partial charge in [0.15, 0.2) is 5.69 Å². The largest absolute Gasteiger partial charge is 0.378 e. The molecule has 2 unspecified atom stereocenters. The van der Waals surface area contributed by atoms with E-state index in [2.05, 4.69) is 5.32 Å². The number of aromatic nitrogens is 1. The molecule has 8 heteroatoms. The minimum absolute atomic E-state index is 0.00286. The molecule has 1 aromatic heterocycles. The smallest absolute Gasteiger partial charge is 0.323 e. The Morgan fingerprint density at radius 1 is 1.50 bits per heavy atom. The highest BCUT2D eigenvalue weighted by Crippen LogP contribution is 2.33. The van der Waals surface area contributed by atoms with Crippen molar-refractivity contribution in [2.45, 2.75) is 30.9 Å². The fourth-order valence-electron chi connectivity index (χ4n) is 3.19. The lowest BCUT2D eigenvalue weighted by molar-refractivity contribution is -0.391. The number of ether oxygens (including phenoxy) is 2.